The molecule has 2 N–H and O–H groups in total. The van der Waals surface area contributed by atoms with Crippen molar-refractivity contribution in [2.75, 3.05) is 6.61 Å². The number of carboxylic acid groups (broad SMARTS) is 1. The molecule has 0 heterocycles. The van der Waals surface area contributed by atoms with Crippen molar-refractivity contribution in [2.45, 2.75) is 12.3 Å². The van der Waals surface area contributed by atoms with E-state index in [2.05, 4.69) is 29.7 Å². The third kappa shape index (κ3) is 3.52. The Hall–Kier alpha value is -3.44. The molecule has 0 fully saturated rings. The molecule has 3 aromatic carbocycles. The molecule has 28 heavy (non-hydrogen) atoms. The highest BCUT2D eigenvalue weighted by Gasteiger charge is 2.28. The zero-order chi connectivity index (χ0) is 19.5. The summed E-state index contributed by atoms with van der Waals surface area (Å²) in [4.78, 5) is 28.6. The topological polar surface area (TPSA) is 75.6 Å². The average Bonchev–Trinajstić information content (AvgIpc) is 3.03. The molecule has 0 aliphatic heterocycles. The molecule has 0 atom stereocenters. The van der Waals surface area contributed by atoms with E-state index >= 15 is 0 Å². The maximum absolute atomic E-state index is 12.1. The quantitative estimate of drug-likeness (QED) is 0.645. The van der Waals surface area contributed by atoms with E-state index in [1.807, 2.05) is 24.3 Å². The van der Waals surface area contributed by atoms with Crippen LogP contribution in [0.15, 0.2) is 72.8 Å². The van der Waals surface area contributed by atoms with Crippen molar-refractivity contribution in [3.8, 4) is 11.1 Å². The standard InChI is InChI=1S/C23H19NO4/c25-22(13-15-9-11-16(12-10-15)23(26)27)24-28-14-21-19-7-3-1-5-17(19)18-6-2-4-8-20(18)21/h1-12,21H,13-14H2,(H,24,25)(H,26,27). The van der Waals surface area contributed by atoms with Gasteiger partial charge in [-0.1, -0.05) is 60.7 Å². The first-order valence-corrected chi connectivity index (χ1v) is 9.04. The van der Waals surface area contributed by atoms with Crippen LogP contribution in [-0.4, -0.2) is 23.6 Å². The Morgan fingerprint density at radius 3 is 2.00 bits per heavy atom. The SMILES string of the molecule is O=C(Cc1ccc(C(=O)O)cc1)NOCC1c2ccccc2-c2ccccc21. The highest BCUT2D eigenvalue weighted by molar-refractivity contribution is 5.87. The van der Waals surface area contributed by atoms with E-state index in [4.69, 9.17) is 9.94 Å². The van der Waals surface area contributed by atoms with Crippen molar-refractivity contribution in [3.63, 3.8) is 0 Å². The number of aromatic carboxylic acids is 1. The first-order valence-electron chi connectivity index (χ1n) is 9.04. The number of carbonyl (C=O) groups is 2. The van der Waals surface area contributed by atoms with Gasteiger partial charge in [-0.25, -0.2) is 10.3 Å². The molecule has 0 aromatic heterocycles. The summed E-state index contributed by atoms with van der Waals surface area (Å²) in [6.07, 6.45) is 0.123. The van der Waals surface area contributed by atoms with Crippen LogP contribution < -0.4 is 5.48 Å². The van der Waals surface area contributed by atoms with Crippen molar-refractivity contribution < 1.29 is 19.5 Å². The minimum Gasteiger partial charge on any atom is -0.478 e. The van der Waals surface area contributed by atoms with E-state index in [1.54, 1.807) is 12.1 Å². The summed E-state index contributed by atoms with van der Waals surface area (Å²) in [5.41, 5.74) is 8.22. The number of hydroxylamine groups is 1. The van der Waals surface area contributed by atoms with Crippen LogP contribution in [0.25, 0.3) is 11.1 Å². The highest BCUT2D eigenvalue weighted by Crippen LogP contribution is 2.44. The second-order valence-electron chi connectivity index (χ2n) is 6.74. The smallest absolute Gasteiger partial charge is 0.335 e. The van der Waals surface area contributed by atoms with E-state index in [0.29, 0.717) is 6.61 Å². The van der Waals surface area contributed by atoms with Gasteiger partial charge in [-0.05, 0) is 39.9 Å². The Kier molecular flexibility index (Phi) is 4.91. The van der Waals surface area contributed by atoms with E-state index in [0.717, 1.165) is 5.56 Å². The predicted molar refractivity (Wildman–Crippen MR) is 105 cm³/mol. The summed E-state index contributed by atoms with van der Waals surface area (Å²) < 4.78 is 0. The third-order valence-corrected chi connectivity index (χ3v) is 4.96. The van der Waals surface area contributed by atoms with Crippen molar-refractivity contribution in [3.05, 3.63) is 95.1 Å². The molecule has 0 spiro atoms. The number of hydrogen-bond acceptors (Lipinski definition) is 3. The maximum Gasteiger partial charge on any atom is 0.335 e. The summed E-state index contributed by atoms with van der Waals surface area (Å²) in [6, 6.07) is 22.7. The van der Waals surface area contributed by atoms with Crippen LogP contribution in [0.3, 0.4) is 0 Å². The molecule has 1 aliphatic carbocycles. The number of benzene rings is 3. The van der Waals surface area contributed by atoms with E-state index in [1.165, 1.54) is 34.4 Å². The Labute approximate surface area is 162 Å². The number of amides is 1. The molecule has 5 nitrogen and oxygen atoms in total. The van der Waals surface area contributed by atoms with Gasteiger partial charge in [0.05, 0.1) is 18.6 Å². The van der Waals surface area contributed by atoms with Crippen molar-refractivity contribution in [1.29, 1.82) is 0 Å². The molecule has 0 unspecified atom stereocenters. The van der Waals surface area contributed by atoms with E-state index < -0.39 is 5.97 Å². The normalized spacial score (nSPS) is 12.3. The second-order valence-corrected chi connectivity index (χ2v) is 6.74. The Bertz CT molecular complexity index is 981. The number of rotatable bonds is 6. The van der Waals surface area contributed by atoms with Crippen molar-refractivity contribution in [2.24, 2.45) is 0 Å². The minimum atomic E-state index is -0.989. The zero-order valence-electron chi connectivity index (χ0n) is 15.1. The number of hydrogen-bond donors (Lipinski definition) is 2. The summed E-state index contributed by atoms with van der Waals surface area (Å²) in [5.74, 6) is -1.19. The van der Waals surface area contributed by atoms with Crippen LogP contribution in [0.5, 0.6) is 0 Å². The van der Waals surface area contributed by atoms with Crippen molar-refractivity contribution >= 4 is 11.9 Å². The predicted octanol–water partition coefficient (Wildman–Crippen LogP) is 3.79. The van der Waals surface area contributed by atoms with Crippen LogP contribution in [-0.2, 0) is 16.1 Å². The first-order chi connectivity index (χ1) is 13.6. The van der Waals surface area contributed by atoms with Gasteiger partial charge < -0.3 is 5.11 Å². The van der Waals surface area contributed by atoms with Crippen LogP contribution in [0.4, 0.5) is 0 Å². The van der Waals surface area contributed by atoms with Gasteiger partial charge in [0.15, 0.2) is 0 Å². The monoisotopic (exact) mass is 373 g/mol. The molecule has 140 valence electrons. The lowest BCUT2D eigenvalue weighted by Crippen LogP contribution is -2.27. The van der Waals surface area contributed by atoms with Crippen LogP contribution in [0.1, 0.15) is 33.0 Å². The summed E-state index contributed by atoms with van der Waals surface area (Å²) in [5, 5.41) is 8.92. The van der Waals surface area contributed by atoms with Crippen LogP contribution in [0, 0.1) is 0 Å². The van der Waals surface area contributed by atoms with Gasteiger partial charge in [0.25, 0.3) is 0 Å². The van der Waals surface area contributed by atoms with Gasteiger partial charge in [0.2, 0.25) is 5.91 Å². The fourth-order valence-electron chi connectivity index (χ4n) is 3.63. The summed E-state index contributed by atoms with van der Waals surface area (Å²) in [6.45, 7) is 0.345. The molecule has 5 heteroatoms. The van der Waals surface area contributed by atoms with Gasteiger partial charge in [0, 0.05) is 5.92 Å². The number of carboxylic acids is 1. The molecular weight excluding hydrogens is 354 g/mol. The molecule has 0 radical (unpaired) electrons. The van der Waals surface area contributed by atoms with Gasteiger partial charge in [-0.15, -0.1) is 0 Å². The highest BCUT2D eigenvalue weighted by atomic mass is 16.6. The lowest BCUT2D eigenvalue weighted by Gasteiger charge is -2.14. The fourth-order valence-corrected chi connectivity index (χ4v) is 3.63. The van der Waals surface area contributed by atoms with Crippen LogP contribution >= 0.6 is 0 Å². The molecule has 4 rings (SSSR count). The number of fused-ring (bicyclic) bond motifs is 3. The third-order valence-electron chi connectivity index (χ3n) is 4.96. The lowest BCUT2D eigenvalue weighted by molar-refractivity contribution is -0.133. The molecule has 0 saturated carbocycles. The lowest BCUT2D eigenvalue weighted by atomic mass is 9.98. The van der Waals surface area contributed by atoms with Crippen LogP contribution in [0.2, 0.25) is 0 Å². The van der Waals surface area contributed by atoms with Crippen molar-refractivity contribution in [1.82, 2.24) is 5.48 Å². The van der Waals surface area contributed by atoms with Gasteiger partial charge in [0.1, 0.15) is 0 Å². The zero-order valence-corrected chi connectivity index (χ0v) is 15.1. The van der Waals surface area contributed by atoms with Gasteiger partial charge in [-0.3, -0.25) is 9.63 Å². The van der Waals surface area contributed by atoms with Gasteiger partial charge >= 0.3 is 5.97 Å². The fraction of sp³-hybridized carbons (Fsp3) is 0.130. The Morgan fingerprint density at radius 2 is 1.43 bits per heavy atom. The van der Waals surface area contributed by atoms with E-state index in [9.17, 15) is 9.59 Å². The minimum absolute atomic E-state index is 0.0718. The molecular formula is C23H19NO4. The maximum atomic E-state index is 12.1. The van der Waals surface area contributed by atoms with E-state index in [-0.39, 0.29) is 23.8 Å². The molecule has 0 bridgehead atoms. The Morgan fingerprint density at radius 1 is 0.857 bits per heavy atom. The van der Waals surface area contributed by atoms with Gasteiger partial charge in [-0.2, -0.15) is 0 Å². The molecule has 1 aliphatic rings. The largest absolute Gasteiger partial charge is 0.478 e. The summed E-state index contributed by atoms with van der Waals surface area (Å²) >= 11 is 0. The molecule has 0 saturated heterocycles. The number of nitrogens with one attached hydrogen (secondary N) is 1. The summed E-state index contributed by atoms with van der Waals surface area (Å²) in [7, 11) is 0. The second kappa shape index (κ2) is 7.66. The molecule has 1 amide bonds. The first kappa shape index (κ1) is 17.9. The Balaban J connectivity index is 1.37. The number of carbonyl (C=O) groups excluding carboxylic acids is 1. The molecule has 3 aromatic rings. The average molecular weight is 373 g/mol.